The summed E-state index contributed by atoms with van der Waals surface area (Å²) in [5.74, 6) is 1.35. The highest BCUT2D eigenvalue weighted by atomic mass is 32.1. The topological polar surface area (TPSA) is 93.4 Å². The number of aryl methyl sites for hydroxylation is 2. The number of carbonyl (C=O) groups is 1. The van der Waals surface area contributed by atoms with Gasteiger partial charge in [0, 0.05) is 19.7 Å². The van der Waals surface area contributed by atoms with E-state index < -0.39 is 0 Å². The fraction of sp³-hybridized carbons (Fsp3) is 0.444. The molecule has 1 atom stereocenters. The molecule has 142 valence electrons. The number of amides is 1. The minimum atomic E-state index is -0.0697. The summed E-state index contributed by atoms with van der Waals surface area (Å²) in [6, 6.07) is 2.07. The largest absolute Gasteiger partial charge is 0.379 e. The first-order valence-electron chi connectivity index (χ1n) is 8.79. The third kappa shape index (κ3) is 3.52. The SMILES string of the molecule is Cc1cc(CN(C)C(=O)c2sc3ncnc(NC4CCOC4)c3c2C)on1. The second-order valence-electron chi connectivity index (χ2n) is 6.76. The highest BCUT2D eigenvalue weighted by Crippen LogP contribution is 2.34. The molecular weight excluding hydrogens is 366 g/mol. The number of thiophene rings is 1. The van der Waals surface area contributed by atoms with Crippen molar-refractivity contribution < 1.29 is 14.1 Å². The van der Waals surface area contributed by atoms with Crippen molar-refractivity contribution in [3.05, 3.63) is 34.3 Å². The van der Waals surface area contributed by atoms with Crippen LogP contribution >= 0.6 is 11.3 Å². The predicted octanol–water partition coefficient (Wildman–Crippen LogP) is 2.77. The first-order chi connectivity index (χ1) is 13.0. The van der Waals surface area contributed by atoms with Crippen molar-refractivity contribution in [3.8, 4) is 0 Å². The first kappa shape index (κ1) is 17.9. The smallest absolute Gasteiger partial charge is 0.264 e. The van der Waals surface area contributed by atoms with Crippen LogP contribution < -0.4 is 5.32 Å². The summed E-state index contributed by atoms with van der Waals surface area (Å²) in [7, 11) is 1.75. The Bertz CT molecular complexity index is 977. The van der Waals surface area contributed by atoms with Gasteiger partial charge in [-0.15, -0.1) is 11.3 Å². The summed E-state index contributed by atoms with van der Waals surface area (Å²) in [5.41, 5.74) is 1.69. The number of fused-ring (bicyclic) bond motifs is 1. The van der Waals surface area contributed by atoms with E-state index in [4.69, 9.17) is 9.26 Å². The van der Waals surface area contributed by atoms with E-state index in [0.717, 1.165) is 40.3 Å². The lowest BCUT2D eigenvalue weighted by atomic mass is 10.1. The summed E-state index contributed by atoms with van der Waals surface area (Å²) >= 11 is 1.39. The molecule has 4 heterocycles. The molecule has 0 aliphatic carbocycles. The Labute approximate surface area is 160 Å². The molecule has 1 N–H and O–H groups in total. The van der Waals surface area contributed by atoms with Crippen molar-refractivity contribution in [1.82, 2.24) is 20.0 Å². The summed E-state index contributed by atoms with van der Waals surface area (Å²) in [5, 5.41) is 8.20. The third-order valence-electron chi connectivity index (χ3n) is 4.61. The Balaban J connectivity index is 1.61. The molecule has 9 heteroatoms. The lowest BCUT2D eigenvalue weighted by Gasteiger charge is -2.15. The number of carbonyl (C=O) groups excluding carboxylic acids is 1. The minimum absolute atomic E-state index is 0.0697. The van der Waals surface area contributed by atoms with Crippen LogP contribution in [0.25, 0.3) is 10.2 Å². The van der Waals surface area contributed by atoms with Crippen LogP contribution in [0.3, 0.4) is 0 Å². The Hall–Kier alpha value is -2.52. The van der Waals surface area contributed by atoms with Gasteiger partial charge in [0.05, 0.1) is 35.2 Å². The van der Waals surface area contributed by atoms with Crippen molar-refractivity contribution in [3.63, 3.8) is 0 Å². The zero-order valence-corrected chi connectivity index (χ0v) is 16.3. The van der Waals surface area contributed by atoms with Crippen molar-refractivity contribution in [2.45, 2.75) is 32.9 Å². The van der Waals surface area contributed by atoms with Crippen molar-refractivity contribution in [1.29, 1.82) is 0 Å². The van der Waals surface area contributed by atoms with Crippen LogP contribution in [0.4, 0.5) is 5.82 Å². The number of nitrogens with one attached hydrogen (secondary N) is 1. The summed E-state index contributed by atoms with van der Waals surface area (Å²) < 4.78 is 10.6. The van der Waals surface area contributed by atoms with Crippen LogP contribution in [0.5, 0.6) is 0 Å². The fourth-order valence-electron chi connectivity index (χ4n) is 3.20. The van der Waals surface area contributed by atoms with Crippen LogP contribution in [0, 0.1) is 13.8 Å². The molecular formula is C18H21N5O3S. The molecule has 8 nitrogen and oxygen atoms in total. The average Bonchev–Trinajstić information content (AvgIpc) is 3.36. The molecule has 1 saturated heterocycles. The maximum absolute atomic E-state index is 13.0. The van der Waals surface area contributed by atoms with Gasteiger partial charge in [0.2, 0.25) is 0 Å². The van der Waals surface area contributed by atoms with E-state index in [1.54, 1.807) is 11.9 Å². The quantitative estimate of drug-likeness (QED) is 0.719. The molecule has 1 fully saturated rings. The normalized spacial score (nSPS) is 16.8. The van der Waals surface area contributed by atoms with E-state index in [-0.39, 0.29) is 11.9 Å². The molecule has 1 unspecified atom stereocenters. The van der Waals surface area contributed by atoms with Crippen molar-refractivity contribution >= 4 is 33.3 Å². The Morgan fingerprint density at radius 2 is 2.26 bits per heavy atom. The van der Waals surface area contributed by atoms with Gasteiger partial charge in [-0.25, -0.2) is 9.97 Å². The van der Waals surface area contributed by atoms with Gasteiger partial charge in [-0.05, 0) is 25.8 Å². The van der Waals surface area contributed by atoms with E-state index in [1.165, 1.54) is 17.7 Å². The number of rotatable bonds is 5. The molecule has 0 bridgehead atoms. The molecule has 1 amide bonds. The molecule has 0 saturated carbocycles. The second-order valence-corrected chi connectivity index (χ2v) is 7.76. The minimum Gasteiger partial charge on any atom is -0.379 e. The molecule has 0 aromatic carbocycles. The van der Waals surface area contributed by atoms with Crippen LogP contribution in [0.1, 0.15) is 33.1 Å². The highest BCUT2D eigenvalue weighted by Gasteiger charge is 2.24. The Morgan fingerprint density at radius 3 is 2.96 bits per heavy atom. The van der Waals surface area contributed by atoms with Crippen LogP contribution in [-0.2, 0) is 11.3 Å². The molecule has 4 rings (SSSR count). The zero-order chi connectivity index (χ0) is 19.0. The molecule has 1 aliphatic rings. The molecule has 0 radical (unpaired) electrons. The summed E-state index contributed by atoms with van der Waals surface area (Å²) in [6.45, 7) is 5.58. The Kier molecular flexibility index (Phi) is 4.79. The van der Waals surface area contributed by atoms with Crippen LogP contribution in [0.2, 0.25) is 0 Å². The van der Waals surface area contributed by atoms with Gasteiger partial charge < -0.3 is 19.5 Å². The lowest BCUT2D eigenvalue weighted by Crippen LogP contribution is -2.25. The first-order valence-corrected chi connectivity index (χ1v) is 9.60. The number of hydrogen-bond donors (Lipinski definition) is 1. The number of ether oxygens (including phenoxy) is 1. The molecule has 3 aromatic heterocycles. The maximum atomic E-state index is 13.0. The average molecular weight is 387 g/mol. The molecule has 27 heavy (non-hydrogen) atoms. The number of nitrogens with zero attached hydrogens (tertiary/aromatic N) is 4. The van der Waals surface area contributed by atoms with Gasteiger partial charge in [0.1, 0.15) is 17.0 Å². The molecule has 0 spiro atoms. The van der Waals surface area contributed by atoms with E-state index in [1.807, 2.05) is 19.9 Å². The standard InChI is InChI=1S/C18H21N5O3S/c1-10-6-13(26-22-10)7-23(3)18(24)15-11(2)14-16(19-9-20-17(14)27-15)21-12-4-5-25-8-12/h6,9,12H,4-5,7-8H2,1-3H3,(H,19,20,21). The predicted molar refractivity (Wildman–Crippen MR) is 102 cm³/mol. The van der Waals surface area contributed by atoms with Gasteiger partial charge in [-0.2, -0.15) is 0 Å². The zero-order valence-electron chi connectivity index (χ0n) is 15.5. The number of anilines is 1. The van der Waals surface area contributed by atoms with E-state index in [0.29, 0.717) is 23.8 Å². The van der Waals surface area contributed by atoms with Gasteiger partial charge in [0.15, 0.2) is 5.76 Å². The maximum Gasteiger partial charge on any atom is 0.264 e. The number of hydrogen-bond acceptors (Lipinski definition) is 8. The highest BCUT2D eigenvalue weighted by molar-refractivity contribution is 7.20. The summed E-state index contributed by atoms with van der Waals surface area (Å²) in [4.78, 5) is 24.8. The Morgan fingerprint density at radius 1 is 1.41 bits per heavy atom. The monoisotopic (exact) mass is 387 g/mol. The fourth-order valence-corrected chi connectivity index (χ4v) is 4.34. The summed E-state index contributed by atoms with van der Waals surface area (Å²) in [6.07, 6.45) is 2.48. The number of aromatic nitrogens is 3. The molecule has 3 aromatic rings. The van der Waals surface area contributed by atoms with Crippen molar-refractivity contribution in [2.24, 2.45) is 0 Å². The third-order valence-corrected chi connectivity index (χ3v) is 5.80. The van der Waals surface area contributed by atoms with Gasteiger partial charge >= 0.3 is 0 Å². The van der Waals surface area contributed by atoms with Gasteiger partial charge in [-0.3, -0.25) is 4.79 Å². The van der Waals surface area contributed by atoms with Gasteiger partial charge in [-0.1, -0.05) is 5.16 Å². The van der Waals surface area contributed by atoms with Crippen molar-refractivity contribution in [2.75, 3.05) is 25.6 Å². The van der Waals surface area contributed by atoms with Crippen LogP contribution in [-0.4, -0.2) is 52.2 Å². The lowest BCUT2D eigenvalue weighted by molar-refractivity contribution is 0.0776. The second kappa shape index (κ2) is 7.24. The van der Waals surface area contributed by atoms with E-state index in [2.05, 4.69) is 20.4 Å². The van der Waals surface area contributed by atoms with Crippen LogP contribution in [0.15, 0.2) is 16.9 Å². The van der Waals surface area contributed by atoms with E-state index >= 15 is 0 Å². The van der Waals surface area contributed by atoms with Gasteiger partial charge in [0.25, 0.3) is 5.91 Å². The van der Waals surface area contributed by atoms with E-state index in [9.17, 15) is 4.79 Å². The molecule has 1 aliphatic heterocycles.